The fourth-order valence-electron chi connectivity index (χ4n) is 4.63. The van der Waals surface area contributed by atoms with Crippen LogP contribution in [0.3, 0.4) is 0 Å². The van der Waals surface area contributed by atoms with Crippen LogP contribution < -0.4 is 31.4 Å². The molecule has 204 valence electrons. The molecule has 1 fully saturated rings. The van der Waals surface area contributed by atoms with E-state index in [1.165, 1.54) is 21.6 Å². The number of hydrogen-bond acceptors (Lipinski definition) is 9. The van der Waals surface area contributed by atoms with Gasteiger partial charge in [-0.3, -0.25) is 9.59 Å². The lowest BCUT2D eigenvalue weighted by atomic mass is 10.2. The molecule has 0 bridgehead atoms. The number of fused-ring (bicyclic) bond motifs is 1. The molecular formula is C26H30ClN9O3. The largest absolute Gasteiger partial charge is 0.494 e. The number of aromatic nitrogens is 6. The van der Waals surface area contributed by atoms with Gasteiger partial charge < -0.3 is 20.3 Å². The number of allylic oxidation sites excluding steroid dienone is 1. The Morgan fingerprint density at radius 2 is 2.00 bits per heavy atom. The molecule has 0 radical (unpaired) electrons. The Morgan fingerprint density at radius 1 is 1.23 bits per heavy atom. The fraction of sp³-hybridized carbons (Fsp3) is 0.346. The molecule has 39 heavy (non-hydrogen) atoms. The van der Waals surface area contributed by atoms with Gasteiger partial charge in [-0.1, -0.05) is 17.7 Å². The number of halogens is 1. The number of rotatable bonds is 8. The molecule has 1 aliphatic rings. The predicted octanol–water partition coefficient (Wildman–Crippen LogP) is 2.72. The Morgan fingerprint density at radius 3 is 2.69 bits per heavy atom. The molecule has 0 aliphatic carbocycles. The average Bonchev–Trinajstić information content (AvgIpc) is 3.19. The van der Waals surface area contributed by atoms with Gasteiger partial charge in [0.05, 0.1) is 30.4 Å². The molecule has 1 aromatic carbocycles. The van der Waals surface area contributed by atoms with E-state index in [2.05, 4.69) is 37.2 Å². The van der Waals surface area contributed by atoms with Gasteiger partial charge in [-0.15, -0.1) is 11.7 Å². The maximum absolute atomic E-state index is 13.2. The molecule has 4 heterocycles. The van der Waals surface area contributed by atoms with Crippen LogP contribution in [0.1, 0.15) is 19.9 Å². The lowest BCUT2D eigenvalue weighted by molar-refractivity contribution is 0.413. The van der Waals surface area contributed by atoms with Gasteiger partial charge >= 0.3 is 0 Å². The first-order valence-corrected chi connectivity index (χ1v) is 13.0. The molecule has 0 saturated carbocycles. The van der Waals surface area contributed by atoms with Gasteiger partial charge in [0, 0.05) is 50.2 Å². The molecule has 4 aromatic rings. The van der Waals surface area contributed by atoms with Crippen LogP contribution >= 0.6 is 11.6 Å². The first kappa shape index (κ1) is 26.4. The Hall–Kier alpha value is -4.16. The minimum absolute atomic E-state index is 0.172. The first-order valence-electron chi connectivity index (χ1n) is 12.6. The molecule has 0 amide bonds. The van der Waals surface area contributed by atoms with Crippen molar-refractivity contribution in [2.45, 2.75) is 26.4 Å². The second-order valence-electron chi connectivity index (χ2n) is 9.36. The summed E-state index contributed by atoms with van der Waals surface area (Å²) in [6.45, 7) is 11.1. The maximum atomic E-state index is 13.2. The molecule has 3 aromatic heterocycles. The van der Waals surface area contributed by atoms with Crippen LogP contribution in [0.25, 0.3) is 16.9 Å². The summed E-state index contributed by atoms with van der Waals surface area (Å²) in [5, 5.41) is 11.9. The quantitative estimate of drug-likeness (QED) is 0.318. The third kappa shape index (κ3) is 5.00. The second-order valence-corrected chi connectivity index (χ2v) is 9.76. The number of anilines is 3. The summed E-state index contributed by atoms with van der Waals surface area (Å²) in [4.78, 5) is 36.8. The Kier molecular flexibility index (Phi) is 7.40. The highest BCUT2D eigenvalue weighted by atomic mass is 35.5. The average molecular weight is 552 g/mol. The van der Waals surface area contributed by atoms with Crippen LogP contribution in [0.15, 0.2) is 52.7 Å². The molecule has 12 nitrogen and oxygen atoms in total. The zero-order valence-corrected chi connectivity index (χ0v) is 22.8. The van der Waals surface area contributed by atoms with E-state index in [0.29, 0.717) is 33.3 Å². The molecule has 0 atom stereocenters. The number of benzene rings is 1. The lowest BCUT2D eigenvalue weighted by Gasteiger charge is -2.31. The van der Waals surface area contributed by atoms with Crippen LogP contribution in [0.2, 0.25) is 5.02 Å². The number of nitrogens with one attached hydrogen (secondary N) is 2. The summed E-state index contributed by atoms with van der Waals surface area (Å²) in [6.07, 6.45) is 3.07. The van der Waals surface area contributed by atoms with Crippen molar-refractivity contribution in [3.05, 3.63) is 68.8 Å². The van der Waals surface area contributed by atoms with Crippen molar-refractivity contribution < 1.29 is 4.74 Å². The Bertz CT molecular complexity index is 1650. The van der Waals surface area contributed by atoms with E-state index >= 15 is 0 Å². The van der Waals surface area contributed by atoms with Crippen LogP contribution in [-0.4, -0.2) is 62.4 Å². The zero-order chi connectivity index (χ0) is 27.7. The van der Waals surface area contributed by atoms with Gasteiger partial charge in [0.2, 0.25) is 5.95 Å². The van der Waals surface area contributed by atoms with Crippen molar-refractivity contribution in [1.82, 2.24) is 34.4 Å². The second kappa shape index (κ2) is 10.9. The van der Waals surface area contributed by atoms with Gasteiger partial charge in [0.15, 0.2) is 11.5 Å². The Balaban J connectivity index is 1.59. The van der Waals surface area contributed by atoms with E-state index in [9.17, 15) is 9.59 Å². The van der Waals surface area contributed by atoms with Crippen LogP contribution in [0, 0.1) is 0 Å². The number of methoxy groups -OCH3 is 1. The molecule has 5 rings (SSSR count). The minimum Gasteiger partial charge on any atom is -0.494 e. The molecule has 13 heteroatoms. The van der Waals surface area contributed by atoms with Crippen LogP contribution in [0.5, 0.6) is 5.75 Å². The van der Waals surface area contributed by atoms with E-state index in [-0.39, 0.29) is 29.7 Å². The highest BCUT2D eigenvalue weighted by molar-refractivity contribution is 6.34. The number of ether oxygens (including phenoxy) is 1. The third-order valence-electron chi connectivity index (χ3n) is 6.43. The normalized spacial score (nSPS) is 13.7. The van der Waals surface area contributed by atoms with E-state index in [1.807, 2.05) is 19.9 Å². The van der Waals surface area contributed by atoms with Crippen LogP contribution in [0.4, 0.5) is 17.3 Å². The smallest absolute Gasteiger partial charge is 0.278 e. The molecule has 0 spiro atoms. The van der Waals surface area contributed by atoms with Crippen molar-refractivity contribution in [1.29, 1.82) is 0 Å². The molecule has 2 N–H and O–H groups in total. The van der Waals surface area contributed by atoms with Crippen molar-refractivity contribution in [2.24, 2.45) is 0 Å². The summed E-state index contributed by atoms with van der Waals surface area (Å²) < 4.78 is 10.1. The highest BCUT2D eigenvalue weighted by Crippen LogP contribution is 2.39. The molecule has 1 saturated heterocycles. The van der Waals surface area contributed by atoms with Crippen molar-refractivity contribution in [3.8, 4) is 11.6 Å². The Labute approximate surface area is 229 Å². The monoisotopic (exact) mass is 551 g/mol. The van der Waals surface area contributed by atoms with Crippen molar-refractivity contribution >= 4 is 40.0 Å². The van der Waals surface area contributed by atoms with E-state index in [1.54, 1.807) is 30.0 Å². The van der Waals surface area contributed by atoms with Gasteiger partial charge in [0.1, 0.15) is 11.1 Å². The summed E-state index contributed by atoms with van der Waals surface area (Å²) in [7, 11) is 1.61. The standard InChI is InChI=1S/C26H30ClN9O3/c1-5-10-34-25(38)18-15-29-26(31-24(18)36(34)21-6-7-22(37)35(32-21)16(2)3)30-17-13-19(27)23(20(14-17)39-4)33-11-8-28-9-12-33/h5-7,13-16,28H,1,8-12H2,2-4H3,(H,29,30,31). The van der Waals surface area contributed by atoms with Crippen molar-refractivity contribution in [3.63, 3.8) is 0 Å². The van der Waals surface area contributed by atoms with Gasteiger partial charge in [-0.25, -0.2) is 19.0 Å². The number of piperazine rings is 1. The lowest BCUT2D eigenvalue weighted by Crippen LogP contribution is -2.43. The van der Waals surface area contributed by atoms with E-state index in [0.717, 1.165) is 31.9 Å². The number of nitrogens with zero attached hydrogens (tertiary/aromatic N) is 7. The van der Waals surface area contributed by atoms with E-state index < -0.39 is 0 Å². The highest BCUT2D eigenvalue weighted by Gasteiger charge is 2.21. The summed E-state index contributed by atoms with van der Waals surface area (Å²) >= 11 is 6.71. The molecule has 1 aliphatic heterocycles. The van der Waals surface area contributed by atoms with E-state index in [4.69, 9.17) is 16.3 Å². The predicted molar refractivity (Wildman–Crippen MR) is 152 cm³/mol. The van der Waals surface area contributed by atoms with Crippen LogP contribution in [-0.2, 0) is 6.54 Å². The SMILES string of the molecule is C=CCn1c(=O)c2cnc(Nc3cc(Cl)c(N4CCNCC4)c(OC)c3)nc2n1-c1ccc(=O)n(C(C)C)n1. The minimum atomic E-state index is -0.300. The zero-order valence-electron chi connectivity index (χ0n) is 22.0. The maximum Gasteiger partial charge on any atom is 0.278 e. The number of hydrogen-bond donors (Lipinski definition) is 2. The fourth-order valence-corrected chi connectivity index (χ4v) is 4.96. The topological polar surface area (TPSA) is 124 Å². The van der Waals surface area contributed by atoms with Crippen molar-refractivity contribution in [2.75, 3.05) is 43.5 Å². The van der Waals surface area contributed by atoms with Gasteiger partial charge in [0.25, 0.3) is 11.1 Å². The molecule has 0 unspecified atom stereocenters. The first-order chi connectivity index (χ1) is 18.8. The third-order valence-corrected chi connectivity index (χ3v) is 6.72. The summed E-state index contributed by atoms with van der Waals surface area (Å²) in [5.74, 6) is 1.24. The van der Waals surface area contributed by atoms with Gasteiger partial charge in [-0.2, -0.15) is 4.98 Å². The van der Waals surface area contributed by atoms with Gasteiger partial charge in [-0.05, 0) is 26.0 Å². The summed E-state index contributed by atoms with van der Waals surface area (Å²) in [6, 6.07) is 6.45. The molecular weight excluding hydrogens is 522 g/mol. The summed E-state index contributed by atoms with van der Waals surface area (Å²) in [5.41, 5.74) is 1.25.